The molecule has 0 rings (SSSR count). The average molecular weight is 454 g/mol. The van der Waals surface area contributed by atoms with Crippen LogP contribution in [0.3, 0.4) is 0 Å². The van der Waals surface area contributed by atoms with Crippen LogP contribution in [-0.4, -0.2) is 36.6 Å². The summed E-state index contributed by atoms with van der Waals surface area (Å²) in [6, 6.07) is 0. The molecule has 0 amide bonds. The first-order chi connectivity index (χ1) is 15.6. The molecular formula is C29H59NO2. The zero-order chi connectivity index (χ0) is 23.8. The van der Waals surface area contributed by atoms with Crippen LogP contribution in [0, 0.1) is 0 Å². The molecule has 0 aromatic heterocycles. The molecule has 0 spiro atoms. The van der Waals surface area contributed by atoms with Gasteiger partial charge in [-0.2, -0.15) is 0 Å². The van der Waals surface area contributed by atoms with Crippen LogP contribution in [0.2, 0.25) is 0 Å². The molecule has 3 heteroatoms. The van der Waals surface area contributed by atoms with Gasteiger partial charge in [0.15, 0.2) is 0 Å². The summed E-state index contributed by atoms with van der Waals surface area (Å²) in [5.74, 6) is -0.900. The van der Waals surface area contributed by atoms with E-state index >= 15 is 0 Å². The number of unbranched alkanes of at least 4 members (excludes halogenated alkanes) is 16. The van der Waals surface area contributed by atoms with Crippen LogP contribution >= 0.6 is 0 Å². The van der Waals surface area contributed by atoms with Crippen molar-refractivity contribution in [3.8, 4) is 0 Å². The lowest BCUT2D eigenvalue weighted by Crippen LogP contribution is -2.50. The van der Waals surface area contributed by atoms with E-state index in [0.29, 0.717) is 0 Å². The quantitative estimate of drug-likeness (QED) is 0.0989. The fourth-order valence-electron chi connectivity index (χ4n) is 4.99. The van der Waals surface area contributed by atoms with Gasteiger partial charge in [-0.25, -0.2) is 0 Å². The summed E-state index contributed by atoms with van der Waals surface area (Å²) < 4.78 is 1.41. The van der Waals surface area contributed by atoms with Gasteiger partial charge < -0.3 is 14.4 Å². The molecule has 3 nitrogen and oxygen atoms in total. The number of hydrogen-bond acceptors (Lipinski definition) is 2. The molecule has 0 aliphatic rings. The van der Waals surface area contributed by atoms with Crippen LogP contribution in [0.1, 0.15) is 156 Å². The molecule has 0 bridgehead atoms. The minimum atomic E-state index is -0.900. The van der Waals surface area contributed by atoms with E-state index in [-0.39, 0.29) is 6.42 Å². The maximum atomic E-state index is 10.4. The van der Waals surface area contributed by atoms with E-state index in [4.69, 9.17) is 0 Å². The molecule has 0 radical (unpaired) electrons. The third kappa shape index (κ3) is 20.1. The van der Waals surface area contributed by atoms with E-state index in [1.165, 1.54) is 146 Å². The van der Waals surface area contributed by atoms with Crippen molar-refractivity contribution in [2.45, 2.75) is 156 Å². The molecule has 0 fully saturated rings. The number of nitrogens with zero attached hydrogens (tertiary/aromatic N) is 1. The number of carboxylic acids is 1. The standard InChI is InChI=1S/C29H59NO2/c1-4-7-25-30(26-8-5-2,27-9-6-3)28-23-21-19-17-15-13-11-10-12-14-16-18-20-22-24-29(31)32/h4-28H2,1-3H3. The highest BCUT2D eigenvalue weighted by Gasteiger charge is 2.24. The average Bonchev–Trinajstić information content (AvgIpc) is 2.79. The third-order valence-corrected chi connectivity index (χ3v) is 7.22. The number of quaternary nitrogens is 1. The fourth-order valence-corrected chi connectivity index (χ4v) is 4.99. The SMILES string of the molecule is CCCC[N+](CCCC)(CCCC)CCCCCCCCCCCCCCCCC(=O)[O-]. The number of aliphatic carboxylic acids is 1. The lowest BCUT2D eigenvalue weighted by atomic mass is 10.0. The van der Waals surface area contributed by atoms with Gasteiger partial charge in [0.1, 0.15) is 0 Å². The molecule has 0 aromatic rings. The summed E-state index contributed by atoms with van der Waals surface area (Å²) in [6.45, 7) is 12.7. The minimum Gasteiger partial charge on any atom is -0.550 e. The lowest BCUT2D eigenvalue weighted by Gasteiger charge is -2.39. The van der Waals surface area contributed by atoms with E-state index in [9.17, 15) is 9.90 Å². The second kappa shape index (κ2) is 23.6. The van der Waals surface area contributed by atoms with Gasteiger partial charge in [0.25, 0.3) is 0 Å². The Labute approximate surface area is 202 Å². The van der Waals surface area contributed by atoms with E-state index in [1.54, 1.807) is 0 Å². The molecular weight excluding hydrogens is 394 g/mol. The summed E-state index contributed by atoms with van der Waals surface area (Å²) in [5.41, 5.74) is 0. The second-order valence-electron chi connectivity index (χ2n) is 10.4. The molecule has 0 unspecified atom stereocenters. The molecule has 0 saturated heterocycles. The van der Waals surface area contributed by atoms with E-state index in [1.807, 2.05) is 0 Å². The number of rotatable bonds is 26. The molecule has 0 aliphatic heterocycles. The molecule has 0 aromatic carbocycles. The Morgan fingerprint density at radius 3 is 1.06 bits per heavy atom. The van der Waals surface area contributed by atoms with Gasteiger partial charge in [0.2, 0.25) is 0 Å². The molecule has 0 N–H and O–H groups in total. The Bertz CT molecular complexity index is 375. The number of carbonyl (C=O) groups is 1. The maximum absolute atomic E-state index is 10.4. The van der Waals surface area contributed by atoms with Crippen molar-refractivity contribution in [2.24, 2.45) is 0 Å². The smallest absolute Gasteiger partial charge is 0.0786 e. The molecule has 0 heterocycles. The predicted molar refractivity (Wildman–Crippen MR) is 139 cm³/mol. The first kappa shape index (κ1) is 31.4. The molecule has 0 saturated carbocycles. The van der Waals surface area contributed by atoms with Gasteiger partial charge in [-0.3, -0.25) is 0 Å². The van der Waals surface area contributed by atoms with Crippen molar-refractivity contribution >= 4 is 5.97 Å². The van der Waals surface area contributed by atoms with Crippen LogP contribution in [0.4, 0.5) is 0 Å². The summed E-state index contributed by atoms with van der Waals surface area (Å²) in [7, 11) is 0. The highest BCUT2D eigenvalue weighted by Crippen LogP contribution is 2.18. The van der Waals surface area contributed by atoms with Gasteiger partial charge in [-0.1, -0.05) is 111 Å². The Morgan fingerprint density at radius 2 is 0.750 bits per heavy atom. The van der Waals surface area contributed by atoms with Gasteiger partial charge in [-0.05, 0) is 44.9 Å². The highest BCUT2D eigenvalue weighted by molar-refractivity contribution is 5.63. The summed E-state index contributed by atoms with van der Waals surface area (Å²) >= 11 is 0. The van der Waals surface area contributed by atoms with E-state index in [0.717, 1.165) is 12.8 Å². The Kier molecular flexibility index (Phi) is 23.2. The first-order valence-corrected chi connectivity index (χ1v) is 14.6. The lowest BCUT2D eigenvalue weighted by molar-refractivity contribution is -0.929. The first-order valence-electron chi connectivity index (χ1n) is 14.6. The van der Waals surface area contributed by atoms with Crippen LogP contribution in [0.5, 0.6) is 0 Å². The fraction of sp³-hybridized carbons (Fsp3) is 0.966. The van der Waals surface area contributed by atoms with Crippen molar-refractivity contribution in [3.05, 3.63) is 0 Å². The minimum absolute atomic E-state index is 0.233. The van der Waals surface area contributed by atoms with Crippen molar-refractivity contribution in [2.75, 3.05) is 26.2 Å². The molecule has 32 heavy (non-hydrogen) atoms. The van der Waals surface area contributed by atoms with Crippen LogP contribution in [0.25, 0.3) is 0 Å². The van der Waals surface area contributed by atoms with E-state index in [2.05, 4.69) is 20.8 Å². The number of carboxylic acid groups (broad SMARTS) is 1. The maximum Gasteiger partial charge on any atom is 0.0786 e. The van der Waals surface area contributed by atoms with Gasteiger partial charge in [0, 0.05) is 5.97 Å². The van der Waals surface area contributed by atoms with Gasteiger partial charge >= 0.3 is 0 Å². The Balaban J connectivity index is 3.70. The van der Waals surface area contributed by atoms with Crippen LogP contribution in [-0.2, 0) is 4.79 Å². The normalized spacial score (nSPS) is 11.8. The monoisotopic (exact) mass is 453 g/mol. The molecule has 0 atom stereocenters. The topological polar surface area (TPSA) is 40.1 Å². The summed E-state index contributed by atoms with van der Waals surface area (Å²) in [5, 5.41) is 10.4. The van der Waals surface area contributed by atoms with Crippen LogP contribution < -0.4 is 5.11 Å². The summed E-state index contributed by atoms with van der Waals surface area (Å²) in [6.07, 6.45) is 26.7. The number of hydrogen-bond donors (Lipinski definition) is 0. The van der Waals surface area contributed by atoms with Crippen molar-refractivity contribution < 1.29 is 14.4 Å². The second-order valence-corrected chi connectivity index (χ2v) is 10.4. The number of carbonyl (C=O) groups excluding carboxylic acids is 1. The Morgan fingerprint density at radius 1 is 0.469 bits per heavy atom. The zero-order valence-electron chi connectivity index (χ0n) is 22.4. The van der Waals surface area contributed by atoms with Crippen molar-refractivity contribution in [3.63, 3.8) is 0 Å². The molecule has 192 valence electrons. The predicted octanol–water partition coefficient (Wildman–Crippen LogP) is 7.80. The zero-order valence-corrected chi connectivity index (χ0v) is 22.4. The van der Waals surface area contributed by atoms with Gasteiger partial charge in [-0.15, -0.1) is 0 Å². The highest BCUT2D eigenvalue weighted by atomic mass is 16.4. The Hall–Kier alpha value is -0.570. The van der Waals surface area contributed by atoms with Crippen LogP contribution in [0.15, 0.2) is 0 Å². The summed E-state index contributed by atoms with van der Waals surface area (Å²) in [4.78, 5) is 10.4. The van der Waals surface area contributed by atoms with Crippen molar-refractivity contribution in [1.82, 2.24) is 0 Å². The van der Waals surface area contributed by atoms with Gasteiger partial charge in [0.05, 0.1) is 26.2 Å². The largest absolute Gasteiger partial charge is 0.550 e. The molecule has 0 aliphatic carbocycles. The van der Waals surface area contributed by atoms with E-state index < -0.39 is 5.97 Å². The van der Waals surface area contributed by atoms with Crippen molar-refractivity contribution in [1.29, 1.82) is 0 Å². The third-order valence-electron chi connectivity index (χ3n) is 7.22.